The van der Waals surface area contributed by atoms with E-state index in [1.807, 2.05) is 19.1 Å². The Morgan fingerprint density at radius 3 is 2.73 bits per heavy atom. The third-order valence-corrected chi connectivity index (χ3v) is 5.72. The van der Waals surface area contributed by atoms with E-state index in [1.54, 1.807) is 18.3 Å². The van der Waals surface area contributed by atoms with Crippen LogP contribution in [0.2, 0.25) is 5.02 Å². The van der Waals surface area contributed by atoms with Gasteiger partial charge in [0.2, 0.25) is 11.8 Å². The molecule has 6 nitrogen and oxygen atoms in total. The topological polar surface area (TPSA) is 92.4 Å². The molecule has 1 unspecified atom stereocenters. The summed E-state index contributed by atoms with van der Waals surface area (Å²) in [7, 11) is 0. The second-order valence-electron chi connectivity index (χ2n) is 6.29. The summed E-state index contributed by atoms with van der Waals surface area (Å²) in [5, 5.41) is 12.1. The maximum Gasteiger partial charge on any atom is 0.306 e. The third kappa shape index (κ3) is 4.59. The molecule has 1 saturated carbocycles. The molecule has 0 aliphatic heterocycles. The van der Waals surface area contributed by atoms with Crippen molar-refractivity contribution in [1.82, 2.24) is 10.3 Å². The zero-order valence-corrected chi connectivity index (χ0v) is 15.7. The minimum Gasteiger partial charge on any atom is -0.481 e. The molecule has 0 saturated heterocycles. The van der Waals surface area contributed by atoms with Gasteiger partial charge in [-0.15, -0.1) is 11.8 Å². The molecule has 2 aromatic rings. The van der Waals surface area contributed by atoms with Gasteiger partial charge in [0.1, 0.15) is 0 Å². The Kier molecular flexibility index (Phi) is 5.88. The highest BCUT2D eigenvalue weighted by atomic mass is 35.5. The van der Waals surface area contributed by atoms with Crippen molar-refractivity contribution in [2.24, 2.45) is 5.92 Å². The van der Waals surface area contributed by atoms with E-state index < -0.39 is 5.97 Å². The zero-order chi connectivity index (χ0) is 18.7. The summed E-state index contributed by atoms with van der Waals surface area (Å²) in [5.41, 5.74) is 0.891. The molecule has 1 fully saturated rings. The first-order valence-corrected chi connectivity index (χ1v) is 9.70. The van der Waals surface area contributed by atoms with E-state index in [0.29, 0.717) is 35.3 Å². The van der Waals surface area contributed by atoms with Crippen LogP contribution in [0, 0.1) is 5.92 Å². The number of nitrogens with one attached hydrogen (secondary N) is 1. The highest BCUT2D eigenvalue weighted by molar-refractivity contribution is 7.99. The predicted octanol–water partition coefficient (Wildman–Crippen LogP) is 3.60. The number of carboxylic acid groups (broad SMARTS) is 1. The highest BCUT2D eigenvalue weighted by Crippen LogP contribution is 2.28. The van der Waals surface area contributed by atoms with E-state index in [-0.39, 0.29) is 23.1 Å². The lowest BCUT2D eigenvalue weighted by Gasteiger charge is -2.33. The molecule has 1 amide bonds. The SMILES string of the molecule is CC(SCc1ncc(-c2ccc(Cl)cc2)o1)C(=O)NC1CC(C(=O)O)C1. The lowest BCUT2D eigenvalue weighted by Crippen LogP contribution is -2.48. The maximum absolute atomic E-state index is 12.2. The number of thioether (sulfide) groups is 1. The van der Waals surface area contributed by atoms with Gasteiger partial charge in [0, 0.05) is 16.6 Å². The van der Waals surface area contributed by atoms with Crippen LogP contribution in [0.25, 0.3) is 11.3 Å². The van der Waals surface area contributed by atoms with Crippen molar-refractivity contribution in [3.8, 4) is 11.3 Å². The average Bonchev–Trinajstić information content (AvgIpc) is 3.04. The minimum absolute atomic E-state index is 0.0371. The fourth-order valence-corrected chi connectivity index (χ4v) is 3.52. The Morgan fingerprint density at radius 1 is 1.38 bits per heavy atom. The number of aromatic nitrogens is 1. The molecule has 1 atom stereocenters. The first kappa shape index (κ1) is 18.8. The summed E-state index contributed by atoms with van der Waals surface area (Å²) in [6.45, 7) is 1.82. The maximum atomic E-state index is 12.2. The zero-order valence-electron chi connectivity index (χ0n) is 14.1. The number of nitrogens with zero attached hydrogens (tertiary/aromatic N) is 1. The fourth-order valence-electron chi connectivity index (χ4n) is 2.65. The summed E-state index contributed by atoms with van der Waals surface area (Å²) in [6.07, 6.45) is 2.66. The van der Waals surface area contributed by atoms with Crippen LogP contribution in [0.5, 0.6) is 0 Å². The number of oxazole rings is 1. The van der Waals surface area contributed by atoms with Crippen molar-refractivity contribution >= 4 is 35.2 Å². The minimum atomic E-state index is -0.793. The van der Waals surface area contributed by atoms with Crippen molar-refractivity contribution in [3.63, 3.8) is 0 Å². The Morgan fingerprint density at radius 2 is 2.08 bits per heavy atom. The standard InChI is InChI=1S/C18H19ClN2O4S/c1-10(17(22)21-14-6-12(7-14)18(23)24)26-9-16-20-8-15(25-16)11-2-4-13(19)5-3-11/h2-5,8,10,12,14H,6-7,9H2,1H3,(H,21,22)(H,23,24). The molecule has 1 aliphatic carbocycles. The van der Waals surface area contributed by atoms with Crippen LogP contribution >= 0.6 is 23.4 Å². The van der Waals surface area contributed by atoms with Crippen molar-refractivity contribution in [3.05, 3.63) is 41.4 Å². The summed E-state index contributed by atoms with van der Waals surface area (Å²) in [5.74, 6) is 0.469. The molecule has 0 bridgehead atoms. The Hall–Kier alpha value is -1.99. The molecule has 1 aromatic heterocycles. The monoisotopic (exact) mass is 394 g/mol. The largest absolute Gasteiger partial charge is 0.481 e. The number of halogens is 1. The molecule has 3 rings (SSSR count). The van der Waals surface area contributed by atoms with Crippen molar-refractivity contribution in [2.45, 2.75) is 36.8 Å². The van der Waals surface area contributed by atoms with Gasteiger partial charge in [0.15, 0.2) is 5.76 Å². The van der Waals surface area contributed by atoms with E-state index in [1.165, 1.54) is 11.8 Å². The molecule has 0 spiro atoms. The van der Waals surface area contributed by atoms with Crippen LogP contribution < -0.4 is 5.32 Å². The Labute approximate surface area is 160 Å². The van der Waals surface area contributed by atoms with Crippen LogP contribution in [0.3, 0.4) is 0 Å². The lowest BCUT2D eigenvalue weighted by molar-refractivity contribution is -0.146. The normalized spacial score (nSPS) is 20.2. The molecule has 26 heavy (non-hydrogen) atoms. The third-order valence-electron chi connectivity index (χ3n) is 4.34. The van der Waals surface area contributed by atoms with E-state index in [4.69, 9.17) is 21.1 Å². The molecular weight excluding hydrogens is 376 g/mol. The van der Waals surface area contributed by atoms with E-state index in [9.17, 15) is 9.59 Å². The van der Waals surface area contributed by atoms with Crippen molar-refractivity contribution < 1.29 is 19.1 Å². The second kappa shape index (κ2) is 8.14. The number of carbonyl (C=O) groups is 2. The Bertz CT molecular complexity index is 787. The molecule has 1 heterocycles. The van der Waals surface area contributed by atoms with Gasteiger partial charge < -0.3 is 14.8 Å². The second-order valence-corrected chi connectivity index (χ2v) is 8.06. The van der Waals surface area contributed by atoms with Crippen LogP contribution in [-0.4, -0.2) is 33.3 Å². The van der Waals surface area contributed by atoms with Gasteiger partial charge in [-0.05, 0) is 44.0 Å². The van der Waals surface area contributed by atoms with Gasteiger partial charge in [0.05, 0.1) is 23.1 Å². The van der Waals surface area contributed by atoms with E-state index in [0.717, 1.165) is 5.56 Å². The molecule has 0 radical (unpaired) electrons. The van der Waals surface area contributed by atoms with Crippen LogP contribution in [-0.2, 0) is 15.3 Å². The quantitative estimate of drug-likeness (QED) is 0.745. The van der Waals surface area contributed by atoms with E-state index >= 15 is 0 Å². The summed E-state index contributed by atoms with van der Waals surface area (Å²) >= 11 is 7.30. The number of carboxylic acids is 1. The Balaban J connectivity index is 1.46. The number of benzene rings is 1. The molecule has 138 valence electrons. The molecular formula is C18H19ClN2O4S. The van der Waals surface area contributed by atoms with Crippen molar-refractivity contribution in [2.75, 3.05) is 0 Å². The number of amides is 1. The molecule has 8 heteroatoms. The van der Waals surface area contributed by atoms with Gasteiger partial charge in [-0.3, -0.25) is 9.59 Å². The number of aliphatic carboxylic acids is 1. The first-order valence-electron chi connectivity index (χ1n) is 8.28. The number of hydrogen-bond acceptors (Lipinski definition) is 5. The van der Waals surface area contributed by atoms with Crippen molar-refractivity contribution in [1.29, 1.82) is 0 Å². The van der Waals surface area contributed by atoms with E-state index in [2.05, 4.69) is 10.3 Å². The summed E-state index contributed by atoms with van der Waals surface area (Å²) < 4.78 is 5.72. The first-order chi connectivity index (χ1) is 12.4. The van der Waals surface area contributed by atoms with Gasteiger partial charge in [-0.25, -0.2) is 4.98 Å². The van der Waals surface area contributed by atoms with Crippen LogP contribution in [0.15, 0.2) is 34.9 Å². The van der Waals surface area contributed by atoms with Gasteiger partial charge >= 0.3 is 5.97 Å². The van der Waals surface area contributed by atoms with Crippen LogP contribution in [0.4, 0.5) is 0 Å². The summed E-state index contributed by atoms with van der Waals surface area (Å²) in [6, 6.07) is 7.26. The van der Waals surface area contributed by atoms with Gasteiger partial charge in [-0.2, -0.15) is 0 Å². The molecule has 1 aliphatic rings. The fraction of sp³-hybridized carbons (Fsp3) is 0.389. The summed E-state index contributed by atoms with van der Waals surface area (Å²) in [4.78, 5) is 27.2. The molecule has 1 aromatic carbocycles. The number of carbonyl (C=O) groups excluding carboxylic acids is 1. The number of hydrogen-bond donors (Lipinski definition) is 2. The van der Waals surface area contributed by atoms with Crippen LogP contribution in [0.1, 0.15) is 25.7 Å². The lowest BCUT2D eigenvalue weighted by atomic mass is 9.80. The van der Waals surface area contributed by atoms with Gasteiger partial charge in [0.25, 0.3) is 0 Å². The molecule has 2 N–H and O–H groups in total. The number of rotatable bonds is 7. The predicted molar refractivity (Wildman–Crippen MR) is 100.0 cm³/mol. The van der Waals surface area contributed by atoms with Gasteiger partial charge in [-0.1, -0.05) is 11.6 Å². The highest BCUT2D eigenvalue weighted by Gasteiger charge is 2.35. The smallest absolute Gasteiger partial charge is 0.306 e. The average molecular weight is 395 g/mol.